The summed E-state index contributed by atoms with van der Waals surface area (Å²) in [6.45, 7) is 10.6. The van der Waals surface area contributed by atoms with Crippen LogP contribution in [0.25, 0.3) is 0 Å². The van der Waals surface area contributed by atoms with Crippen LogP contribution >= 0.6 is 0 Å². The molecule has 1 fully saturated rings. The quantitative estimate of drug-likeness (QED) is 0.713. The zero-order valence-corrected chi connectivity index (χ0v) is 11.8. The Labute approximate surface area is 102 Å². The Morgan fingerprint density at radius 3 is 2.62 bits per heavy atom. The predicted molar refractivity (Wildman–Crippen MR) is 72.7 cm³/mol. The molecule has 0 amide bonds. The highest BCUT2D eigenvalue weighted by Gasteiger charge is 2.18. The molecule has 96 valence electrons. The number of hydrogen-bond acceptors (Lipinski definition) is 1. The van der Waals surface area contributed by atoms with Crippen molar-refractivity contribution in [3.63, 3.8) is 0 Å². The van der Waals surface area contributed by atoms with E-state index in [2.05, 4.69) is 33.0 Å². The highest BCUT2D eigenvalue weighted by atomic mass is 14.9. The molecule has 0 bridgehead atoms. The van der Waals surface area contributed by atoms with Crippen LogP contribution in [0, 0.1) is 17.8 Å². The van der Waals surface area contributed by atoms with Crippen molar-refractivity contribution in [1.82, 2.24) is 5.32 Å². The Kier molecular flexibility index (Phi) is 6.41. The lowest BCUT2D eigenvalue weighted by molar-refractivity contribution is 0.261. The number of nitrogens with one attached hydrogen (secondary N) is 1. The van der Waals surface area contributed by atoms with Gasteiger partial charge in [0, 0.05) is 6.04 Å². The molecule has 16 heavy (non-hydrogen) atoms. The van der Waals surface area contributed by atoms with Gasteiger partial charge in [-0.15, -0.1) is 0 Å². The summed E-state index contributed by atoms with van der Waals surface area (Å²) >= 11 is 0. The summed E-state index contributed by atoms with van der Waals surface area (Å²) in [5.74, 6) is 2.79. The molecule has 0 aromatic carbocycles. The monoisotopic (exact) mass is 225 g/mol. The van der Waals surface area contributed by atoms with Gasteiger partial charge in [0.15, 0.2) is 0 Å². The topological polar surface area (TPSA) is 12.0 Å². The second-order valence-corrected chi connectivity index (χ2v) is 6.05. The smallest absolute Gasteiger partial charge is 0.00642 e. The molecule has 1 nitrogen and oxygen atoms in total. The lowest BCUT2D eigenvalue weighted by Gasteiger charge is -2.28. The van der Waals surface area contributed by atoms with Crippen molar-refractivity contribution in [3.05, 3.63) is 0 Å². The first kappa shape index (κ1) is 14.0. The first-order chi connectivity index (χ1) is 7.63. The Hall–Kier alpha value is -0.0400. The van der Waals surface area contributed by atoms with Crippen LogP contribution in [-0.2, 0) is 0 Å². The average Bonchev–Trinajstić information content (AvgIpc) is 2.28. The number of rotatable bonds is 6. The molecule has 1 N–H and O–H groups in total. The third kappa shape index (κ3) is 4.86. The van der Waals surface area contributed by atoms with Crippen LogP contribution in [0.15, 0.2) is 0 Å². The standard InChI is InChI=1S/C15H31N/c1-5-13(3)14(4)16-10-9-15-8-6-7-12(2)11-15/h12-16H,5-11H2,1-4H3. The summed E-state index contributed by atoms with van der Waals surface area (Å²) in [5.41, 5.74) is 0. The molecule has 1 aliphatic carbocycles. The maximum atomic E-state index is 3.70. The van der Waals surface area contributed by atoms with Gasteiger partial charge in [-0.25, -0.2) is 0 Å². The van der Waals surface area contributed by atoms with Crippen molar-refractivity contribution >= 4 is 0 Å². The van der Waals surface area contributed by atoms with Gasteiger partial charge in [-0.1, -0.05) is 46.5 Å². The summed E-state index contributed by atoms with van der Waals surface area (Å²) in [5, 5.41) is 3.70. The van der Waals surface area contributed by atoms with Crippen LogP contribution in [0.5, 0.6) is 0 Å². The Morgan fingerprint density at radius 2 is 2.00 bits per heavy atom. The first-order valence-corrected chi connectivity index (χ1v) is 7.36. The van der Waals surface area contributed by atoms with Gasteiger partial charge in [0.1, 0.15) is 0 Å². The van der Waals surface area contributed by atoms with E-state index in [1.165, 1.54) is 45.1 Å². The van der Waals surface area contributed by atoms with Crippen molar-refractivity contribution in [3.8, 4) is 0 Å². The minimum atomic E-state index is 0.686. The van der Waals surface area contributed by atoms with Crippen LogP contribution in [0.4, 0.5) is 0 Å². The maximum Gasteiger partial charge on any atom is 0.00642 e. The van der Waals surface area contributed by atoms with Crippen LogP contribution in [0.3, 0.4) is 0 Å². The van der Waals surface area contributed by atoms with E-state index in [1.54, 1.807) is 0 Å². The molecule has 0 aromatic heterocycles. The van der Waals surface area contributed by atoms with Crippen LogP contribution in [-0.4, -0.2) is 12.6 Å². The minimum absolute atomic E-state index is 0.686. The van der Waals surface area contributed by atoms with E-state index in [0.717, 1.165) is 17.8 Å². The van der Waals surface area contributed by atoms with E-state index in [-0.39, 0.29) is 0 Å². The van der Waals surface area contributed by atoms with Crippen LogP contribution < -0.4 is 5.32 Å². The van der Waals surface area contributed by atoms with Crippen molar-refractivity contribution in [1.29, 1.82) is 0 Å². The molecule has 0 radical (unpaired) electrons. The van der Waals surface area contributed by atoms with E-state index in [4.69, 9.17) is 0 Å². The molecule has 4 unspecified atom stereocenters. The Balaban J connectivity index is 2.10. The van der Waals surface area contributed by atoms with Gasteiger partial charge in [-0.3, -0.25) is 0 Å². The summed E-state index contributed by atoms with van der Waals surface area (Å²) in [6, 6.07) is 0.686. The summed E-state index contributed by atoms with van der Waals surface area (Å²) in [7, 11) is 0. The van der Waals surface area contributed by atoms with Gasteiger partial charge in [-0.05, 0) is 44.1 Å². The fraction of sp³-hybridized carbons (Fsp3) is 1.00. The normalized spacial score (nSPS) is 30.0. The molecule has 1 rings (SSSR count). The largest absolute Gasteiger partial charge is 0.314 e. The molecule has 4 atom stereocenters. The minimum Gasteiger partial charge on any atom is -0.314 e. The van der Waals surface area contributed by atoms with Gasteiger partial charge in [0.2, 0.25) is 0 Å². The molecule has 0 spiro atoms. The average molecular weight is 225 g/mol. The van der Waals surface area contributed by atoms with Gasteiger partial charge < -0.3 is 5.32 Å². The highest BCUT2D eigenvalue weighted by molar-refractivity contribution is 4.73. The summed E-state index contributed by atoms with van der Waals surface area (Å²) in [4.78, 5) is 0. The number of hydrogen-bond donors (Lipinski definition) is 1. The fourth-order valence-electron chi connectivity index (χ4n) is 2.89. The molecular weight excluding hydrogens is 194 g/mol. The molecule has 1 heteroatoms. The molecular formula is C15H31N. The fourth-order valence-corrected chi connectivity index (χ4v) is 2.89. The first-order valence-electron chi connectivity index (χ1n) is 7.36. The molecule has 0 aromatic rings. The SMILES string of the molecule is CCC(C)C(C)NCCC1CCCC(C)C1. The third-order valence-electron chi connectivity index (χ3n) is 4.56. The van der Waals surface area contributed by atoms with Crippen molar-refractivity contribution in [2.45, 2.75) is 72.3 Å². The molecule has 1 aliphatic rings. The van der Waals surface area contributed by atoms with Gasteiger partial charge >= 0.3 is 0 Å². The lowest BCUT2D eigenvalue weighted by atomic mass is 9.81. The van der Waals surface area contributed by atoms with Crippen molar-refractivity contribution in [2.75, 3.05) is 6.54 Å². The van der Waals surface area contributed by atoms with E-state index in [0.29, 0.717) is 6.04 Å². The lowest BCUT2D eigenvalue weighted by Crippen LogP contribution is -2.33. The zero-order chi connectivity index (χ0) is 12.0. The Bertz CT molecular complexity index is 178. The van der Waals surface area contributed by atoms with E-state index >= 15 is 0 Å². The predicted octanol–water partition coefficient (Wildman–Crippen LogP) is 4.23. The third-order valence-corrected chi connectivity index (χ3v) is 4.56. The van der Waals surface area contributed by atoms with Gasteiger partial charge in [0.25, 0.3) is 0 Å². The summed E-state index contributed by atoms with van der Waals surface area (Å²) < 4.78 is 0. The Morgan fingerprint density at radius 1 is 1.25 bits per heavy atom. The second kappa shape index (κ2) is 7.32. The summed E-state index contributed by atoms with van der Waals surface area (Å²) in [6.07, 6.45) is 8.56. The molecule has 0 saturated heterocycles. The van der Waals surface area contributed by atoms with Gasteiger partial charge in [0.05, 0.1) is 0 Å². The maximum absolute atomic E-state index is 3.70. The van der Waals surface area contributed by atoms with Crippen molar-refractivity contribution in [2.24, 2.45) is 17.8 Å². The molecule has 0 aliphatic heterocycles. The van der Waals surface area contributed by atoms with Crippen LogP contribution in [0.2, 0.25) is 0 Å². The van der Waals surface area contributed by atoms with E-state index in [1.807, 2.05) is 0 Å². The van der Waals surface area contributed by atoms with E-state index < -0.39 is 0 Å². The molecule has 0 heterocycles. The van der Waals surface area contributed by atoms with Gasteiger partial charge in [-0.2, -0.15) is 0 Å². The second-order valence-electron chi connectivity index (χ2n) is 6.05. The van der Waals surface area contributed by atoms with Crippen molar-refractivity contribution < 1.29 is 0 Å². The molecule has 1 saturated carbocycles. The van der Waals surface area contributed by atoms with Crippen LogP contribution in [0.1, 0.15) is 66.2 Å². The zero-order valence-electron chi connectivity index (χ0n) is 11.8. The highest BCUT2D eigenvalue weighted by Crippen LogP contribution is 2.30. The van der Waals surface area contributed by atoms with E-state index in [9.17, 15) is 0 Å².